The van der Waals surface area contributed by atoms with Gasteiger partial charge in [0, 0.05) is 7.05 Å². The molecule has 6 heteroatoms. The van der Waals surface area contributed by atoms with Crippen molar-refractivity contribution < 1.29 is 4.39 Å². The van der Waals surface area contributed by atoms with Crippen LogP contribution >= 0.6 is 27.3 Å². The third-order valence-corrected chi connectivity index (χ3v) is 3.67. The SMILES string of the molecule is CNc1nc(-c2ccc(Br)s2)nc(C)c1F. The number of aromatic nitrogens is 2. The van der Waals surface area contributed by atoms with E-state index in [2.05, 4.69) is 31.2 Å². The highest BCUT2D eigenvalue weighted by molar-refractivity contribution is 9.11. The largest absolute Gasteiger partial charge is 0.371 e. The van der Waals surface area contributed by atoms with Crippen molar-refractivity contribution in [3.05, 3.63) is 27.4 Å². The van der Waals surface area contributed by atoms with E-state index in [4.69, 9.17) is 0 Å². The standard InChI is InChI=1S/C10H9BrFN3S/c1-5-8(12)10(13-2)15-9(14-5)6-3-4-7(11)16-6/h3-4H,1-2H3,(H,13,14,15). The third kappa shape index (κ3) is 2.08. The molecule has 0 spiro atoms. The fraction of sp³-hybridized carbons (Fsp3) is 0.200. The van der Waals surface area contributed by atoms with E-state index in [-0.39, 0.29) is 5.82 Å². The molecular weight excluding hydrogens is 293 g/mol. The van der Waals surface area contributed by atoms with Crippen molar-refractivity contribution in [3.63, 3.8) is 0 Å². The highest BCUT2D eigenvalue weighted by Gasteiger charge is 2.12. The number of aryl methyl sites for hydroxylation is 1. The summed E-state index contributed by atoms with van der Waals surface area (Å²) in [6, 6.07) is 3.82. The van der Waals surface area contributed by atoms with Crippen molar-refractivity contribution in [2.24, 2.45) is 0 Å². The minimum Gasteiger partial charge on any atom is -0.371 e. The Morgan fingerprint density at radius 3 is 2.69 bits per heavy atom. The van der Waals surface area contributed by atoms with Gasteiger partial charge in [0.05, 0.1) is 14.4 Å². The number of rotatable bonds is 2. The molecule has 16 heavy (non-hydrogen) atoms. The summed E-state index contributed by atoms with van der Waals surface area (Å²) in [6.07, 6.45) is 0. The van der Waals surface area contributed by atoms with Crippen LogP contribution in [0.25, 0.3) is 10.7 Å². The summed E-state index contributed by atoms with van der Waals surface area (Å²) in [5, 5.41) is 2.72. The second-order valence-electron chi connectivity index (χ2n) is 3.15. The van der Waals surface area contributed by atoms with Gasteiger partial charge in [-0.15, -0.1) is 11.3 Å². The highest BCUT2D eigenvalue weighted by atomic mass is 79.9. The molecule has 0 aromatic carbocycles. The first kappa shape index (κ1) is 11.5. The first-order valence-electron chi connectivity index (χ1n) is 4.59. The predicted molar refractivity (Wildman–Crippen MR) is 67.3 cm³/mol. The molecule has 0 aliphatic rings. The maximum atomic E-state index is 13.5. The highest BCUT2D eigenvalue weighted by Crippen LogP contribution is 2.30. The van der Waals surface area contributed by atoms with Gasteiger partial charge in [-0.2, -0.15) is 0 Å². The Balaban J connectivity index is 2.54. The average molecular weight is 302 g/mol. The summed E-state index contributed by atoms with van der Waals surface area (Å²) in [7, 11) is 1.64. The van der Waals surface area contributed by atoms with Gasteiger partial charge in [-0.25, -0.2) is 14.4 Å². The van der Waals surface area contributed by atoms with E-state index < -0.39 is 5.82 Å². The summed E-state index contributed by atoms with van der Waals surface area (Å²) < 4.78 is 14.5. The van der Waals surface area contributed by atoms with Gasteiger partial charge in [-0.05, 0) is 35.0 Å². The van der Waals surface area contributed by atoms with Crippen molar-refractivity contribution >= 4 is 33.1 Å². The summed E-state index contributed by atoms with van der Waals surface area (Å²) in [4.78, 5) is 9.16. The Morgan fingerprint density at radius 1 is 1.38 bits per heavy atom. The Hall–Kier alpha value is -1.01. The number of hydrogen-bond donors (Lipinski definition) is 1. The lowest BCUT2D eigenvalue weighted by molar-refractivity contribution is 0.607. The second-order valence-corrected chi connectivity index (χ2v) is 5.61. The number of anilines is 1. The lowest BCUT2D eigenvalue weighted by Crippen LogP contribution is -2.02. The monoisotopic (exact) mass is 301 g/mol. The topological polar surface area (TPSA) is 37.8 Å². The van der Waals surface area contributed by atoms with Crippen molar-refractivity contribution in [2.75, 3.05) is 12.4 Å². The van der Waals surface area contributed by atoms with E-state index in [0.29, 0.717) is 11.5 Å². The minimum atomic E-state index is -0.401. The molecule has 1 N–H and O–H groups in total. The van der Waals surface area contributed by atoms with Crippen LogP contribution in [0.1, 0.15) is 5.69 Å². The molecule has 84 valence electrons. The zero-order valence-electron chi connectivity index (χ0n) is 8.71. The van der Waals surface area contributed by atoms with Gasteiger partial charge in [0.25, 0.3) is 0 Å². The molecule has 2 rings (SSSR count). The predicted octanol–water partition coefficient (Wildman–Crippen LogP) is 3.46. The molecule has 0 radical (unpaired) electrons. The van der Waals surface area contributed by atoms with Crippen LogP contribution in [0.3, 0.4) is 0 Å². The smallest absolute Gasteiger partial charge is 0.186 e. The molecule has 3 nitrogen and oxygen atoms in total. The Kier molecular flexibility index (Phi) is 3.20. The van der Waals surface area contributed by atoms with Crippen molar-refractivity contribution in [3.8, 4) is 10.7 Å². The maximum Gasteiger partial charge on any atom is 0.186 e. The van der Waals surface area contributed by atoms with Crippen LogP contribution in [0, 0.1) is 12.7 Å². The fourth-order valence-corrected chi connectivity index (χ4v) is 2.59. The zero-order valence-corrected chi connectivity index (χ0v) is 11.1. The van der Waals surface area contributed by atoms with Gasteiger partial charge in [0.2, 0.25) is 0 Å². The summed E-state index contributed by atoms with van der Waals surface area (Å²) >= 11 is 4.89. The average Bonchev–Trinajstić information content (AvgIpc) is 2.69. The zero-order chi connectivity index (χ0) is 11.7. The number of nitrogens with zero attached hydrogens (tertiary/aromatic N) is 2. The molecule has 2 aromatic heterocycles. The van der Waals surface area contributed by atoms with Crippen molar-refractivity contribution in [1.29, 1.82) is 0 Å². The number of thiophene rings is 1. The molecule has 0 saturated heterocycles. The normalized spacial score (nSPS) is 10.5. The quantitative estimate of drug-likeness (QED) is 0.923. The molecule has 0 unspecified atom stereocenters. The maximum absolute atomic E-state index is 13.5. The van der Waals surface area contributed by atoms with Crippen LogP contribution < -0.4 is 5.32 Å². The van der Waals surface area contributed by atoms with E-state index in [0.717, 1.165) is 8.66 Å². The minimum absolute atomic E-state index is 0.229. The first-order valence-corrected chi connectivity index (χ1v) is 6.20. The first-order chi connectivity index (χ1) is 7.61. The van der Waals surface area contributed by atoms with Crippen molar-refractivity contribution in [1.82, 2.24) is 9.97 Å². The molecule has 0 amide bonds. The Labute approximate surface area is 105 Å². The van der Waals surface area contributed by atoms with Crippen LogP contribution in [0.2, 0.25) is 0 Å². The van der Waals surface area contributed by atoms with E-state index >= 15 is 0 Å². The fourth-order valence-electron chi connectivity index (χ4n) is 1.27. The van der Waals surface area contributed by atoms with E-state index in [1.807, 2.05) is 12.1 Å². The molecule has 0 bridgehead atoms. The summed E-state index contributed by atoms with van der Waals surface area (Å²) in [5.41, 5.74) is 0.346. The molecule has 2 heterocycles. The second kappa shape index (κ2) is 4.47. The Morgan fingerprint density at radius 2 is 2.12 bits per heavy atom. The Bertz CT molecular complexity index is 527. The van der Waals surface area contributed by atoms with Crippen LogP contribution in [0.5, 0.6) is 0 Å². The molecule has 0 atom stereocenters. The van der Waals surface area contributed by atoms with Gasteiger partial charge in [-0.3, -0.25) is 0 Å². The van der Waals surface area contributed by atoms with E-state index in [9.17, 15) is 4.39 Å². The lowest BCUT2D eigenvalue weighted by Gasteiger charge is -2.05. The summed E-state index contributed by atoms with van der Waals surface area (Å²) in [5.74, 6) is 0.368. The van der Waals surface area contributed by atoms with Gasteiger partial charge in [0.1, 0.15) is 0 Å². The number of nitrogens with one attached hydrogen (secondary N) is 1. The van der Waals surface area contributed by atoms with Crippen LogP contribution in [0.15, 0.2) is 15.9 Å². The molecule has 0 aliphatic heterocycles. The molecule has 2 aromatic rings. The van der Waals surface area contributed by atoms with Crippen LogP contribution in [0.4, 0.5) is 10.2 Å². The van der Waals surface area contributed by atoms with Gasteiger partial charge in [-0.1, -0.05) is 0 Å². The molecule has 0 aliphatic carbocycles. The van der Waals surface area contributed by atoms with Gasteiger partial charge in [0.15, 0.2) is 17.5 Å². The van der Waals surface area contributed by atoms with Crippen molar-refractivity contribution in [2.45, 2.75) is 6.92 Å². The summed E-state index contributed by atoms with van der Waals surface area (Å²) in [6.45, 7) is 1.63. The number of hydrogen-bond acceptors (Lipinski definition) is 4. The van der Waals surface area contributed by atoms with Gasteiger partial charge < -0.3 is 5.32 Å². The third-order valence-electron chi connectivity index (χ3n) is 2.05. The van der Waals surface area contributed by atoms with E-state index in [1.165, 1.54) is 11.3 Å². The molecular formula is C10H9BrFN3S. The number of halogens is 2. The molecule has 0 saturated carbocycles. The molecule has 0 fully saturated rings. The van der Waals surface area contributed by atoms with Gasteiger partial charge >= 0.3 is 0 Å². The van der Waals surface area contributed by atoms with Crippen LogP contribution in [-0.4, -0.2) is 17.0 Å². The van der Waals surface area contributed by atoms with E-state index in [1.54, 1.807) is 14.0 Å². The van der Waals surface area contributed by atoms with Crippen LogP contribution in [-0.2, 0) is 0 Å². The lowest BCUT2D eigenvalue weighted by atomic mass is 10.3.